The summed E-state index contributed by atoms with van der Waals surface area (Å²) in [6.45, 7) is 6.84. The lowest BCUT2D eigenvalue weighted by Gasteiger charge is -2.24. The van der Waals surface area contributed by atoms with E-state index in [1.54, 1.807) is 4.90 Å². The summed E-state index contributed by atoms with van der Waals surface area (Å²) in [7, 11) is 0. The molecule has 0 N–H and O–H groups in total. The Balaban J connectivity index is 1.87. The smallest absolute Gasteiger partial charge is 0.410 e. The highest BCUT2D eigenvalue weighted by Crippen LogP contribution is 2.25. The molecule has 2 heterocycles. The number of nitrogens with zero attached hydrogens (tertiary/aromatic N) is 3. The van der Waals surface area contributed by atoms with Crippen molar-refractivity contribution in [2.45, 2.75) is 32.8 Å². The van der Waals surface area contributed by atoms with Gasteiger partial charge in [0.1, 0.15) is 5.60 Å². The number of hydrogen-bond donors (Lipinski definition) is 0. The molecule has 0 saturated carbocycles. The van der Waals surface area contributed by atoms with Crippen LogP contribution in [-0.2, 0) is 4.74 Å². The fourth-order valence-corrected chi connectivity index (χ4v) is 2.29. The molecule has 23 heavy (non-hydrogen) atoms. The van der Waals surface area contributed by atoms with Crippen LogP contribution < -0.4 is 4.74 Å². The molecule has 1 amide bonds. The number of amides is 1. The van der Waals surface area contributed by atoms with Crippen LogP contribution in [0.3, 0.4) is 0 Å². The Hall–Kier alpha value is -2.38. The molecule has 0 radical (unpaired) electrons. The molecular weight excluding hydrogens is 302 g/mol. The molecule has 1 fully saturated rings. The summed E-state index contributed by atoms with van der Waals surface area (Å²) in [6.07, 6.45) is 1.87. The van der Waals surface area contributed by atoms with Gasteiger partial charge in [0.05, 0.1) is 11.5 Å². The molecule has 1 aliphatic heterocycles. The minimum atomic E-state index is -0.528. The maximum absolute atomic E-state index is 12.0. The van der Waals surface area contributed by atoms with Crippen molar-refractivity contribution in [1.29, 1.82) is 0 Å². The van der Waals surface area contributed by atoms with Crippen molar-refractivity contribution in [2.24, 2.45) is 5.92 Å². The van der Waals surface area contributed by atoms with Crippen LogP contribution in [0.25, 0.3) is 0 Å². The Morgan fingerprint density at radius 3 is 2.91 bits per heavy atom. The van der Waals surface area contributed by atoms with Gasteiger partial charge in [-0.3, -0.25) is 10.1 Å². The maximum Gasteiger partial charge on any atom is 0.410 e. The van der Waals surface area contributed by atoms with Crippen LogP contribution in [0.1, 0.15) is 27.2 Å². The molecule has 126 valence electrons. The van der Waals surface area contributed by atoms with Crippen molar-refractivity contribution in [2.75, 3.05) is 19.7 Å². The van der Waals surface area contributed by atoms with E-state index in [4.69, 9.17) is 9.47 Å². The van der Waals surface area contributed by atoms with Crippen molar-refractivity contribution in [3.63, 3.8) is 0 Å². The van der Waals surface area contributed by atoms with Gasteiger partial charge in [0.15, 0.2) is 0 Å². The van der Waals surface area contributed by atoms with Crippen molar-refractivity contribution < 1.29 is 19.2 Å². The van der Waals surface area contributed by atoms with Crippen LogP contribution in [0.5, 0.6) is 5.88 Å². The van der Waals surface area contributed by atoms with Crippen LogP contribution in [0.4, 0.5) is 10.5 Å². The van der Waals surface area contributed by atoms with Gasteiger partial charge in [-0.2, -0.15) is 0 Å². The largest absolute Gasteiger partial charge is 0.472 e. The molecule has 0 unspecified atom stereocenters. The third-order valence-electron chi connectivity index (χ3n) is 3.34. The molecule has 1 aromatic rings. The third-order valence-corrected chi connectivity index (χ3v) is 3.34. The maximum atomic E-state index is 12.0. The predicted molar refractivity (Wildman–Crippen MR) is 82.3 cm³/mol. The van der Waals surface area contributed by atoms with E-state index in [2.05, 4.69) is 4.98 Å². The summed E-state index contributed by atoms with van der Waals surface area (Å²) in [5.41, 5.74) is -0.685. The zero-order valence-electron chi connectivity index (χ0n) is 13.5. The number of hydrogen-bond acceptors (Lipinski definition) is 6. The second-order valence-corrected chi connectivity index (χ2v) is 6.48. The van der Waals surface area contributed by atoms with E-state index in [-0.39, 0.29) is 30.2 Å². The molecule has 1 aliphatic rings. The Morgan fingerprint density at radius 1 is 1.52 bits per heavy atom. The number of ether oxygens (including phenoxy) is 2. The molecule has 8 heteroatoms. The normalized spacial score (nSPS) is 17.9. The zero-order valence-corrected chi connectivity index (χ0v) is 13.5. The molecule has 0 aromatic carbocycles. The summed E-state index contributed by atoms with van der Waals surface area (Å²) in [5.74, 6) is 0.109. The molecule has 2 rings (SSSR count). The van der Waals surface area contributed by atoms with E-state index in [0.29, 0.717) is 13.1 Å². The van der Waals surface area contributed by atoms with E-state index < -0.39 is 10.5 Å². The third kappa shape index (κ3) is 4.80. The molecule has 1 saturated heterocycles. The average molecular weight is 323 g/mol. The van der Waals surface area contributed by atoms with E-state index in [1.807, 2.05) is 20.8 Å². The Labute approximate surface area is 134 Å². The highest BCUT2D eigenvalue weighted by molar-refractivity contribution is 5.68. The zero-order chi connectivity index (χ0) is 17.0. The lowest BCUT2D eigenvalue weighted by molar-refractivity contribution is -0.386. The molecule has 0 aliphatic carbocycles. The second-order valence-electron chi connectivity index (χ2n) is 6.48. The molecule has 8 nitrogen and oxygen atoms in total. The summed E-state index contributed by atoms with van der Waals surface area (Å²) < 4.78 is 10.8. The number of rotatable bonds is 4. The Bertz CT molecular complexity index is 585. The van der Waals surface area contributed by atoms with E-state index in [1.165, 1.54) is 18.3 Å². The van der Waals surface area contributed by atoms with Gasteiger partial charge in [-0.25, -0.2) is 9.78 Å². The van der Waals surface area contributed by atoms with E-state index in [9.17, 15) is 14.9 Å². The van der Waals surface area contributed by atoms with Gasteiger partial charge in [0.2, 0.25) is 0 Å². The highest BCUT2D eigenvalue weighted by atomic mass is 16.6. The van der Waals surface area contributed by atoms with Crippen molar-refractivity contribution >= 4 is 11.8 Å². The van der Waals surface area contributed by atoms with Crippen LogP contribution in [0.2, 0.25) is 0 Å². The van der Waals surface area contributed by atoms with Crippen molar-refractivity contribution in [1.82, 2.24) is 9.88 Å². The summed E-state index contributed by atoms with van der Waals surface area (Å²) in [6, 6.07) is 2.84. The first-order valence-electron chi connectivity index (χ1n) is 7.46. The summed E-state index contributed by atoms with van der Waals surface area (Å²) in [5, 5.41) is 10.9. The van der Waals surface area contributed by atoms with Crippen molar-refractivity contribution in [3.8, 4) is 5.88 Å². The number of carbonyl (C=O) groups is 1. The first-order chi connectivity index (χ1) is 10.8. The number of pyridine rings is 1. The van der Waals surface area contributed by atoms with Gasteiger partial charge in [-0.1, -0.05) is 0 Å². The minimum absolute atomic E-state index is 0.00761. The van der Waals surface area contributed by atoms with E-state index in [0.717, 1.165) is 6.42 Å². The molecule has 0 bridgehead atoms. The molecule has 1 atom stereocenters. The van der Waals surface area contributed by atoms with Gasteiger partial charge >= 0.3 is 11.8 Å². The molecule has 1 aromatic heterocycles. The van der Waals surface area contributed by atoms with Crippen LogP contribution >= 0.6 is 0 Å². The summed E-state index contributed by atoms with van der Waals surface area (Å²) in [4.78, 5) is 27.9. The predicted octanol–water partition coefficient (Wildman–Crippen LogP) is 2.63. The second kappa shape index (κ2) is 6.80. The average Bonchev–Trinajstić information content (AvgIpc) is 2.92. The molecule has 0 spiro atoms. The Kier molecular flexibility index (Phi) is 5.02. The summed E-state index contributed by atoms with van der Waals surface area (Å²) >= 11 is 0. The number of carbonyl (C=O) groups excluding carboxylic acids is 1. The fourth-order valence-electron chi connectivity index (χ4n) is 2.29. The first-order valence-corrected chi connectivity index (χ1v) is 7.46. The monoisotopic (exact) mass is 323 g/mol. The minimum Gasteiger partial charge on any atom is -0.472 e. The standard InChI is InChI=1S/C15H21N3O5/c1-15(2,3)23-14(19)17-8-6-11(9-17)10-22-13-12(18(20)21)5-4-7-16-13/h4-5,7,11H,6,8-10H2,1-3H3/t11-/m0/s1. The molecular formula is C15H21N3O5. The Morgan fingerprint density at radius 2 is 2.26 bits per heavy atom. The van der Waals surface area contributed by atoms with Crippen LogP contribution in [-0.4, -0.2) is 46.2 Å². The quantitative estimate of drug-likeness (QED) is 0.624. The van der Waals surface area contributed by atoms with Gasteiger partial charge in [-0.05, 0) is 33.3 Å². The van der Waals surface area contributed by atoms with Gasteiger partial charge in [0, 0.05) is 31.3 Å². The number of nitro groups is 1. The van der Waals surface area contributed by atoms with E-state index >= 15 is 0 Å². The van der Waals surface area contributed by atoms with Crippen molar-refractivity contribution in [3.05, 3.63) is 28.4 Å². The fraction of sp³-hybridized carbons (Fsp3) is 0.600. The lowest BCUT2D eigenvalue weighted by Crippen LogP contribution is -2.35. The van der Waals surface area contributed by atoms with Crippen LogP contribution in [0, 0.1) is 16.0 Å². The topological polar surface area (TPSA) is 94.8 Å². The van der Waals surface area contributed by atoms with Gasteiger partial charge in [0.25, 0.3) is 5.88 Å². The number of likely N-dealkylation sites (tertiary alicyclic amines) is 1. The lowest BCUT2D eigenvalue weighted by atomic mass is 10.1. The number of aromatic nitrogens is 1. The van der Waals surface area contributed by atoms with Gasteiger partial charge < -0.3 is 14.4 Å². The SMILES string of the molecule is CC(C)(C)OC(=O)N1CC[C@H](COc2ncccc2[N+](=O)[O-])C1. The van der Waals surface area contributed by atoms with Crippen LogP contribution in [0.15, 0.2) is 18.3 Å². The first kappa shape index (κ1) is 17.0. The highest BCUT2D eigenvalue weighted by Gasteiger charge is 2.30. The van der Waals surface area contributed by atoms with Gasteiger partial charge in [-0.15, -0.1) is 0 Å².